The van der Waals surface area contributed by atoms with Gasteiger partial charge in [0.2, 0.25) is 11.8 Å². The molecule has 1 rings (SSSR count). The van der Waals surface area contributed by atoms with Gasteiger partial charge in [0, 0.05) is 25.0 Å². The minimum atomic E-state index is -0.417. The molecule has 1 aliphatic rings. The summed E-state index contributed by atoms with van der Waals surface area (Å²) in [7, 11) is 0. The molecule has 1 saturated heterocycles. The van der Waals surface area contributed by atoms with Gasteiger partial charge in [0.05, 0.1) is 0 Å². The molecule has 2 atom stereocenters. The number of likely N-dealkylation sites (tertiary alicyclic amines) is 1. The third kappa shape index (κ3) is 3.84. The molecule has 0 aromatic carbocycles. The molecular weight excluding hydrogens is 230 g/mol. The molecule has 0 bridgehead atoms. The van der Waals surface area contributed by atoms with Crippen molar-refractivity contribution < 1.29 is 9.59 Å². The van der Waals surface area contributed by atoms with Crippen molar-refractivity contribution in [2.24, 2.45) is 5.73 Å². The fraction of sp³-hybridized carbons (Fsp3) is 0.692. The lowest BCUT2D eigenvalue weighted by molar-refractivity contribution is -0.138. The molecule has 0 aromatic heterocycles. The average Bonchev–Trinajstić information content (AvgIpc) is 2.67. The predicted molar refractivity (Wildman–Crippen MR) is 70.8 cm³/mol. The minimum absolute atomic E-state index is 0.0215. The van der Waals surface area contributed by atoms with E-state index in [-0.39, 0.29) is 23.9 Å². The van der Waals surface area contributed by atoms with Crippen LogP contribution in [0.2, 0.25) is 0 Å². The number of nitrogens with zero attached hydrogens (tertiary/aromatic N) is 1. The maximum absolute atomic E-state index is 12.0. The first-order valence-electron chi connectivity index (χ1n) is 6.42. The lowest BCUT2D eigenvalue weighted by atomic mass is 10.1. The monoisotopic (exact) mass is 253 g/mol. The number of nitrogens with one attached hydrogen (secondary N) is 1. The van der Waals surface area contributed by atoms with Crippen LogP contribution in [0.3, 0.4) is 0 Å². The Balaban J connectivity index is 2.66. The van der Waals surface area contributed by atoms with Gasteiger partial charge in [0.15, 0.2) is 0 Å². The van der Waals surface area contributed by atoms with Gasteiger partial charge in [-0.3, -0.25) is 9.59 Å². The normalized spacial score (nSPS) is 23.2. The van der Waals surface area contributed by atoms with Gasteiger partial charge < -0.3 is 16.0 Å². The second-order valence-electron chi connectivity index (χ2n) is 5.05. The van der Waals surface area contributed by atoms with Crippen LogP contribution in [0.15, 0.2) is 12.7 Å². The molecule has 1 aliphatic heterocycles. The third-order valence-electron chi connectivity index (χ3n) is 2.95. The van der Waals surface area contributed by atoms with Gasteiger partial charge in [-0.2, -0.15) is 0 Å². The number of hydrogen-bond acceptors (Lipinski definition) is 3. The van der Waals surface area contributed by atoms with Crippen LogP contribution in [0.1, 0.15) is 33.1 Å². The van der Waals surface area contributed by atoms with Crippen molar-refractivity contribution in [3.63, 3.8) is 0 Å². The van der Waals surface area contributed by atoms with E-state index in [0.717, 1.165) is 0 Å². The molecule has 5 nitrogen and oxygen atoms in total. The molecule has 1 fully saturated rings. The summed E-state index contributed by atoms with van der Waals surface area (Å²) >= 11 is 0. The number of nitrogens with two attached hydrogens (primary N) is 1. The van der Waals surface area contributed by atoms with Crippen LogP contribution in [0.5, 0.6) is 0 Å². The summed E-state index contributed by atoms with van der Waals surface area (Å²) in [5.74, 6) is -0.128. The standard InChI is InChI=1S/C13H23N3O2/c1-4-5-6-12(17)16-8-10(14)7-11(16)13(18)15-9(2)3/h4,9-11H,1,5-8,14H2,2-3H3,(H,15,18)/t10-,11+/m1/s1. The zero-order chi connectivity index (χ0) is 13.7. The van der Waals surface area contributed by atoms with E-state index >= 15 is 0 Å². The van der Waals surface area contributed by atoms with Crippen molar-refractivity contribution >= 4 is 11.8 Å². The smallest absolute Gasteiger partial charge is 0.243 e. The van der Waals surface area contributed by atoms with Gasteiger partial charge >= 0.3 is 0 Å². The first-order chi connectivity index (χ1) is 8.45. The maximum Gasteiger partial charge on any atom is 0.243 e. The van der Waals surface area contributed by atoms with Crippen molar-refractivity contribution in [2.75, 3.05) is 6.54 Å². The molecule has 0 spiro atoms. The molecule has 18 heavy (non-hydrogen) atoms. The highest BCUT2D eigenvalue weighted by molar-refractivity contribution is 5.88. The predicted octanol–water partition coefficient (Wildman–Crippen LogP) is 0.405. The SMILES string of the molecule is C=CCCC(=O)N1C[C@H](N)C[C@H]1C(=O)NC(C)C. The van der Waals surface area contributed by atoms with Crippen molar-refractivity contribution in [1.82, 2.24) is 10.2 Å². The molecule has 5 heteroatoms. The quantitative estimate of drug-likeness (QED) is 0.697. The topological polar surface area (TPSA) is 75.4 Å². The van der Waals surface area contributed by atoms with Gasteiger partial charge in [0.25, 0.3) is 0 Å². The minimum Gasteiger partial charge on any atom is -0.352 e. The Labute approximate surface area is 108 Å². The third-order valence-corrected chi connectivity index (χ3v) is 2.95. The summed E-state index contributed by atoms with van der Waals surface area (Å²) in [6.45, 7) is 7.86. The van der Waals surface area contributed by atoms with E-state index in [1.807, 2.05) is 13.8 Å². The fourth-order valence-electron chi connectivity index (χ4n) is 2.14. The van der Waals surface area contributed by atoms with Gasteiger partial charge in [-0.1, -0.05) is 6.08 Å². The summed E-state index contributed by atoms with van der Waals surface area (Å²) in [5, 5.41) is 2.84. The number of hydrogen-bond donors (Lipinski definition) is 2. The first-order valence-corrected chi connectivity index (χ1v) is 6.42. The molecule has 1 heterocycles. The summed E-state index contributed by atoms with van der Waals surface area (Å²) in [6, 6.07) is -0.459. The van der Waals surface area contributed by atoms with Crippen LogP contribution in [-0.4, -0.2) is 41.4 Å². The Morgan fingerprint density at radius 1 is 1.56 bits per heavy atom. The highest BCUT2D eigenvalue weighted by Crippen LogP contribution is 2.18. The van der Waals surface area contributed by atoms with Crippen LogP contribution in [0.25, 0.3) is 0 Å². The van der Waals surface area contributed by atoms with Crippen LogP contribution >= 0.6 is 0 Å². The Morgan fingerprint density at radius 2 is 2.22 bits per heavy atom. The van der Waals surface area contributed by atoms with Crippen LogP contribution in [0, 0.1) is 0 Å². The van der Waals surface area contributed by atoms with E-state index in [0.29, 0.717) is 25.8 Å². The lowest BCUT2D eigenvalue weighted by Crippen LogP contribution is -2.47. The first kappa shape index (κ1) is 14.7. The Morgan fingerprint density at radius 3 is 2.78 bits per heavy atom. The Hall–Kier alpha value is -1.36. The van der Waals surface area contributed by atoms with E-state index in [1.165, 1.54) is 0 Å². The molecule has 102 valence electrons. The van der Waals surface area contributed by atoms with Gasteiger partial charge in [-0.05, 0) is 26.7 Å². The molecule has 3 N–H and O–H groups in total. The van der Waals surface area contributed by atoms with E-state index in [4.69, 9.17) is 5.73 Å². The molecule has 0 aromatic rings. The molecule has 0 radical (unpaired) electrons. The largest absolute Gasteiger partial charge is 0.352 e. The number of carbonyl (C=O) groups excluding carboxylic acids is 2. The van der Waals surface area contributed by atoms with E-state index in [9.17, 15) is 9.59 Å². The zero-order valence-electron chi connectivity index (χ0n) is 11.2. The maximum atomic E-state index is 12.0. The van der Waals surface area contributed by atoms with Crippen LogP contribution in [0.4, 0.5) is 0 Å². The average molecular weight is 253 g/mol. The highest BCUT2D eigenvalue weighted by Gasteiger charge is 2.37. The van der Waals surface area contributed by atoms with Gasteiger partial charge in [-0.15, -0.1) is 6.58 Å². The summed E-state index contributed by atoms with van der Waals surface area (Å²) in [6.07, 6.45) is 3.26. The molecule has 0 unspecified atom stereocenters. The van der Waals surface area contributed by atoms with Gasteiger partial charge in [-0.25, -0.2) is 0 Å². The highest BCUT2D eigenvalue weighted by atomic mass is 16.2. The van der Waals surface area contributed by atoms with Crippen LogP contribution < -0.4 is 11.1 Å². The van der Waals surface area contributed by atoms with E-state index < -0.39 is 6.04 Å². The zero-order valence-corrected chi connectivity index (χ0v) is 11.2. The summed E-state index contributed by atoms with van der Waals surface area (Å²) in [5.41, 5.74) is 5.86. The van der Waals surface area contributed by atoms with Gasteiger partial charge in [0.1, 0.15) is 6.04 Å². The van der Waals surface area contributed by atoms with Crippen molar-refractivity contribution in [3.05, 3.63) is 12.7 Å². The second kappa shape index (κ2) is 6.54. The number of allylic oxidation sites excluding steroid dienone is 1. The second-order valence-corrected chi connectivity index (χ2v) is 5.05. The van der Waals surface area contributed by atoms with E-state index in [1.54, 1.807) is 11.0 Å². The molecule has 2 amide bonds. The number of rotatable bonds is 5. The summed E-state index contributed by atoms with van der Waals surface area (Å²) < 4.78 is 0. The Bertz CT molecular complexity index is 328. The van der Waals surface area contributed by atoms with Crippen molar-refractivity contribution in [2.45, 2.75) is 51.2 Å². The Kier molecular flexibility index (Phi) is 5.34. The molecular formula is C13H23N3O2. The van der Waals surface area contributed by atoms with Crippen molar-refractivity contribution in [3.8, 4) is 0 Å². The fourth-order valence-corrected chi connectivity index (χ4v) is 2.14. The van der Waals surface area contributed by atoms with Crippen LogP contribution in [-0.2, 0) is 9.59 Å². The lowest BCUT2D eigenvalue weighted by Gasteiger charge is -2.24. The molecule has 0 saturated carbocycles. The number of amides is 2. The number of carbonyl (C=O) groups is 2. The van der Waals surface area contributed by atoms with E-state index in [2.05, 4.69) is 11.9 Å². The van der Waals surface area contributed by atoms with Crippen molar-refractivity contribution in [1.29, 1.82) is 0 Å². The molecule has 0 aliphatic carbocycles. The summed E-state index contributed by atoms with van der Waals surface area (Å²) in [4.78, 5) is 25.6.